The molecule has 7 rings (SSSR count). The Morgan fingerprint density at radius 2 is 1.37 bits per heavy atom. The number of carbonyl (C=O) groups excluding carboxylic acids is 2. The van der Waals surface area contributed by atoms with E-state index in [1.165, 1.54) is 23.1 Å². The fourth-order valence-electron chi connectivity index (χ4n) is 6.90. The van der Waals surface area contributed by atoms with Gasteiger partial charge in [0.05, 0.1) is 5.33 Å². The van der Waals surface area contributed by atoms with Crippen molar-refractivity contribution >= 4 is 105 Å². The summed E-state index contributed by atoms with van der Waals surface area (Å²) < 4.78 is 12.1. The predicted molar refractivity (Wildman–Crippen MR) is 286 cm³/mol. The van der Waals surface area contributed by atoms with Gasteiger partial charge in [0.2, 0.25) is 5.78 Å². The van der Waals surface area contributed by atoms with E-state index in [-0.39, 0.29) is 39.5 Å². The van der Waals surface area contributed by atoms with Crippen molar-refractivity contribution in [2.45, 2.75) is 59.7 Å². The predicted octanol–water partition coefficient (Wildman–Crippen LogP) is 10.0. The van der Waals surface area contributed by atoms with Gasteiger partial charge in [0.15, 0.2) is 21.2 Å². The number of likely N-dealkylation sites (N-methyl/N-ethyl adjacent to an activating group) is 2. The van der Waals surface area contributed by atoms with E-state index in [0.29, 0.717) is 31.2 Å². The molecule has 0 spiro atoms. The molecule has 0 amide bonds. The summed E-state index contributed by atoms with van der Waals surface area (Å²) in [5, 5.41) is 8.12. The lowest BCUT2D eigenvalue weighted by atomic mass is 10.1. The highest BCUT2D eigenvalue weighted by molar-refractivity contribution is 9.09. The number of rotatable bonds is 14. The largest absolute Gasteiger partial charge is 0.489 e. The van der Waals surface area contributed by atoms with Gasteiger partial charge in [-0.25, -0.2) is 4.98 Å². The molecule has 0 bridgehead atoms. The number of anilines is 4. The molecule has 3 unspecified atom stereocenters. The second-order valence-corrected chi connectivity index (χ2v) is 18.4. The van der Waals surface area contributed by atoms with Gasteiger partial charge in [-0.1, -0.05) is 107 Å². The van der Waals surface area contributed by atoms with Crippen molar-refractivity contribution in [1.82, 2.24) is 14.8 Å². The summed E-state index contributed by atoms with van der Waals surface area (Å²) in [4.78, 5) is 37.6. The van der Waals surface area contributed by atoms with E-state index in [9.17, 15) is 9.59 Å². The number of alkyl halides is 1. The average molecular weight is 1020 g/mol. The molecule has 0 aliphatic carbocycles. The average Bonchev–Trinajstić information content (AvgIpc) is 4.05. The normalized spacial score (nSPS) is 15.9. The number of likely N-dealkylation sites (tertiary alicyclic amines) is 2. The van der Waals surface area contributed by atoms with Crippen molar-refractivity contribution in [1.29, 1.82) is 0 Å². The Kier molecular flexibility index (Phi) is 22.3. The molecule has 12 nitrogen and oxygen atoms in total. The maximum Gasteiger partial charge on any atom is 0.206 e. The molecule has 0 radical (unpaired) electrons. The lowest BCUT2D eigenvalue weighted by Crippen LogP contribution is -2.24. The lowest BCUT2D eigenvalue weighted by Gasteiger charge is -2.15. The Balaban J connectivity index is 0.000000234. The van der Waals surface area contributed by atoms with Gasteiger partial charge in [0, 0.05) is 48.7 Å². The number of amidine groups is 1. The fourth-order valence-corrected chi connectivity index (χ4v) is 8.81. The first-order valence-electron chi connectivity index (χ1n) is 21.4. The van der Waals surface area contributed by atoms with E-state index in [2.05, 4.69) is 60.2 Å². The van der Waals surface area contributed by atoms with Crippen LogP contribution in [0.2, 0.25) is 0 Å². The Hall–Kier alpha value is -4.41. The summed E-state index contributed by atoms with van der Waals surface area (Å²) in [6, 6.07) is 30.6. The van der Waals surface area contributed by atoms with E-state index in [1.54, 1.807) is 6.07 Å². The van der Waals surface area contributed by atoms with Gasteiger partial charge < -0.3 is 31.6 Å². The summed E-state index contributed by atoms with van der Waals surface area (Å²) in [6.07, 6.45) is 2.67. The van der Waals surface area contributed by atoms with Crippen LogP contribution in [-0.4, -0.2) is 99.2 Å². The van der Waals surface area contributed by atoms with Crippen LogP contribution in [0.5, 0.6) is 11.5 Å². The number of aromatic nitrogens is 1. The van der Waals surface area contributed by atoms with Crippen LogP contribution >= 0.6 is 61.1 Å². The molecule has 2 aliphatic rings. The van der Waals surface area contributed by atoms with E-state index in [0.717, 1.165) is 97.4 Å². The van der Waals surface area contributed by atoms with Gasteiger partial charge in [-0.05, 0) is 118 Å². The van der Waals surface area contributed by atoms with Crippen LogP contribution in [0.15, 0.2) is 102 Å². The molecular formula is C48H62BrN8O4PS3. The third kappa shape index (κ3) is 17.4. The molecule has 4 aromatic carbocycles. The highest BCUT2D eigenvalue weighted by atomic mass is 79.9. The zero-order valence-electron chi connectivity index (χ0n) is 37.8. The number of aliphatic imine (C=N–C) groups is 1. The maximum atomic E-state index is 12.8. The zero-order chi connectivity index (χ0) is 46.0. The van der Waals surface area contributed by atoms with Crippen LogP contribution in [0.1, 0.15) is 70.3 Å². The van der Waals surface area contributed by atoms with Crippen molar-refractivity contribution < 1.29 is 19.1 Å². The first-order valence-corrected chi connectivity index (χ1v) is 24.8. The van der Waals surface area contributed by atoms with Gasteiger partial charge in [-0.3, -0.25) is 19.4 Å². The number of ether oxygens (including phenoxy) is 2. The van der Waals surface area contributed by atoms with Crippen molar-refractivity contribution in [3.05, 3.63) is 124 Å². The second kappa shape index (κ2) is 27.3. The number of nitrogen functional groups attached to an aromatic ring is 1. The van der Waals surface area contributed by atoms with Gasteiger partial charge in [0.1, 0.15) is 34.4 Å². The van der Waals surface area contributed by atoms with Gasteiger partial charge in [-0.15, -0.1) is 0 Å². The number of thiazole rings is 1. The van der Waals surface area contributed by atoms with E-state index in [4.69, 9.17) is 33.2 Å². The molecule has 2 aliphatic heterocycles. The maximum absolute atomic E-state index is 12.8. The van der Waals surface area contributed by atoms with Gasteiger partial charge in [0.25, 0.3) is 0 Å². The number of thioether (sulfide) groups is 1. The summed E-state index contributed by atoms with van der Waals surface area (Å²) >= 11 is 11.0. The molecule has 3 heterocycles. The van der Waals surface area contributed by atoms with E-state index >= 15 is 0 Å². The van der Waals surface area contributed by atoms with Crippen LogP contribution < -0.4 is 31.6 Å². The van der Waals surface area contributed by atoms with E-state index in [1.807, 2.05) is 112 Å². The molecule has 0 saturated carbocycles. The standard InChI is InChI=1S/C23H26N4O2S.C16H24N4OS2.C9H9BrO.H3P/c1-3-27-12-11-19(14-27)29-18-9-7-17(8-10-18)25-23-26-22(24)21(30-23)20(28)16-6-4-5-15(2)13-16;1-3-20-10-9-14(11-20)21-13-7-5-12(6-8-13)18-16(22)19-15(17)23-4-2;1-7-3-2-4-8(5-7)9(11)6-10;/h4-10,13,19H,3,11-12,14,24H2,1-2H3,(H,25,26);5-8,14H,3-4,9-11H2,1-2H3,(H3,17,18,19,22);2-5H,6H2,1H3;1H3. The number of halogens is 1. The number of thiocarbonyl (C=S) groups is 1. The summed E-state index contributed by atoms with van der Waals surface area (Å²) in [5.41, 5.74) is 17.1. The van der Waals surface area contributed by atoms with Crippen molar-refractivity contribution in [2.24, 2.45) is 10.7 Å². The first kappa shape index (κ1) is 53.2. The number of nitrogens with zero attached hydrogens (tertiary/aromatic N) is 4. The minimum Gasteiger partial charge on any atom is -0.489 e. The van der Waals surface area contributed by atoms with Crippen LogP contribution in [0.25, 0.3) is 0 Å². The number of ketones is 2. The van der Waals surface area contributed by atoms with Crippen molar-refractivity contribution in [3.8, 4) is 11.5 Å². The molecule has 348 valence electrons. The zero-order valence-corrected chi connectivity index (χ0v) is 43.3. The van der Waals surface area contributed by atoms with Gasteiger partial charge in [-0.2, -0.15) is 14.9 Å². The number of benzene rings is 4. The highest BCUT2D eigenvalue weighted by Gasteiger charge is 2.24. The smallest absolute Gasteiger partial charge is 0.206 e. The Labute approximate surface area is 409 Å². The number of nitrogens with two attached hydrogens (primary N) is 2. The van der Waals surface area contributed by atoms with Crippen molar-refractivity contribution in [3.63, 3.8) is 0 Å². The van der Waals surface area contributed by atoms with Crippen LogP contribution in [0.3, 0.4) is 0 Å². The Morgan fingerprint density at radius 3 is 1.86 bits per heavy atom. The first-order chi connectivity index (χ1) is 30.8. The minimum atomic E-state index is -0.108. The molecular weight excluding hydrogens is 960 g/mol. The fraction of sp³-hybridized carbons (Fsp3) is 0.354. The lowest BCUT2D eigenvalue weighted by molar-refractivity contribution is 0.102. The van der Waals surface area contributed by atoms with Crippen LogP contribution in [0, 0.1) is 13.8 Å². The third-order valence-corrected chi connectivity index (χ3v) is 12.6. The molecule has 17 heteroatoms. The second-order valence-electron chi connectivity index (χ2n) is 15.2. The van der Waals surface area contributed by atoms with E-state index < -0.39 is 0 Å². The summed E-state index contributed by atoms with van der Waals surface area (Å²) in [6.45, 7) is 16.6. The molecule has 1 aromatic heterocycles. The molecule has 2 fully saturated rings. The number of Topliss-reactive ketones (excluding diaryl/α,β-unsaturated/α-hetero) is 1. The topological polar surface area (TPSA) is 160 Å². The molecule has 6 N–H and O–H groups in total. The number of aryl methyl sites for hydroxylation is 2. The Bertz CT molecular complexity index is 2330. The monoisotopic (exact) mass is 1020 g/mol. The molecule has 3 atom stereocenters. The number of carbonyl (C=O) groups is 2. The highest BCUT2D eigenvalue weighted by Crippen LogP contribution is 2.31. The van der Waals surface area contributed by atoms with Crippen LogP contribution in [-0.2, 0) is 0 Å². The van der Waals surface area contributed by atoms with Crippen LogP contribution in [0.4, 0.5) is 22.3 Å². The number of hydrogen-bond acceptors (Lipinski definition) is 12. The number of hydrogen-bond donors (Lipinski definition) is 4. The minimum absolute atomic E-state index is 0. The molecule has 5 aromatic rings. The van der Waals surface area contributed by atoms with Gasteiger partial charge >= 0.3 is 0 Å². The summed E-state index contributed by atoms with van der Waals surface area (Å²) in [7, 11) is 0. The quantitative estimate of drug-likeness (QED) is 0.0208. The molecule has 65 heavy (non-hydrogen) atoms. The SMILES string of the molecule is CCN1CCC(Oc2ccc(Nc3nc(N)c(C(=O)c4cccc(C)c4)s3)cc2)C1.CCSC(N)=NC(=S)Nc1ccc(OC2CCN(CC)C2)cc1.Cc1cccc(C(=O)CBr)c1.P. The van der Waals surface area contributed by atoms with Crippen molar-refractivity contribution in [2.75, 3.05) is 66.7 Å². The summed E-state index contributed by atoms with van der Waals surface area (Å²) in [5.74, 6) is 2.89. The molecule has 2 saturated heterocycles. The third-order valence-electron chi connectivity index (χ3n) is 10.3. The Morgan fingerprint density at radius 1 is 0.846 bits per heavy atom. The number of nitrogens with one attached hydrogen (secondary N) is 2.